The first kappa shape index (κ1) is 14.0. The summed E-state index contributed by atoms with van der Waals surface area (Å²) < 4.78 is 1.03. The highest BCUT2D eigenvalue weighted by molar-refractivity contribution is 9.10. The van der Waals surface area contributed by atoms with Crippen LogP contribution in [0.3, 0.4) is 0 Å². The molecule has 3 heteroatoms. The Morgan fingerprint density at radius 3 is 2.75 bits per heavy atom. The van der Waals surface area contributed by atoms with Crippen molar-refractivity contribution in [1.82, 2.24) is 5.32 Å². The Morgan fingerprint density at radius 2 is 2.12 bits per heavy atom. The molecule has 0 aliphatic carbocycles. The molecule has 0 aliphatic heterocycles. The number of rotatable bonds is 6. The Labute approximate surface area is 112 Å². The molecule has 1 rings (SSSR count). The highest BCUT2D eigenvalue weighted by Crippen LogP contribution is 2.26. The Hall–Kier alpha value is -0.0500. The summed E-state index contributed by atoms with van der Waals surface area (Å²) in [5.74, 6) is 0. The lowest BCUT2D eigenvalue weighted by Gasteiger charge is -2.15. The quantitative estimate of drug-likeness (QED) is 0.734. The second-order valence-corrected chi connectivity index (χ2v) is 5.37. The zero-order valence-electron chi connectivity index (χ0n) is 9.89. The van der Waals surface area contributed by atoms with Crippen LogP contribution in [0.5, 0.6) is 0 Å². The molecule has 1 aromatic carbocycles. The number of unbranched alkanes of at least 4 members (excludes halogenated alkanes) is 2. The van der Waals surface area contributed by atoms with E-state index < -0.39 is 0 Å². The minimum absolute atomic E-state index is 0.317. The molecule has 0 aliphatic rings. The van der Waals surface area contributed by atoms with Crippen molar-refractivity contribution < 1.29 is 0 Å². The fourth-order valence-corrected chi connectivity index (χ4v) is 2.49. The van der Waals surface area contributed by atoms with Crippen LogP contribution < -0.4 is 5.32 Å². The number of nitrogens with one attached hydrogen (secondary N) is 1. The summed E-state index contributed by atoms with van der Waals surface area (Å²) in [7, 11) is 0. The first-order valence-electron chi connectivity index (χ1n) is 5.83. The number of hydrogen-bond acceptors (Lipinski definition) is 1. The van der Waals surface area contributed by atoms with Gasteiger partial charge in [0.1, 0.15) is 0 Å². The molecule has 0 fully saturated rings. The van der Waals surface area contributed by atoms with Crippen molar-refractivity contribution in [3.05, 3.63) is 33.3 Å². The van der Waals surface area contributed by atoms with Gasteiger partial charge in [-0.25, -0.2) is 0 Å². The molecule has 0 bridgehead atoms. The average Bonchev–Trinajstić information content (AvgIpc) is 2.24. The molecule has 90 valence electrons. The van der Waals surface area contributed by atoms with Crippen LogP contribution in [0.1, 0.15) is 44.7 Å². The molecule has 0 saturated heterocycles. The van der Waals surface area contributed by atoms with E-state index in [0.29, 0.717) is 6.04 Å². The van der Waals surface area contributed by atoms with Crippen molar-refractivity contribution in [3.63, 3.8) is 0 Å². The summed E-state index contributed by atoms with van der Waals surface area (Å²) in [4.78, 5) is 0. The third-order valence-corrected chi connectivity index (χ3v) is 3.48. The number of hydrogen-bond donors (Lipinski definition) is 1. The molecule has 1 N–H and O–H groups in total. The van der Waals surface area contributed by atoms with Crippen LogP contribution in [0, 0.1) is 0 Å². The highest BCUT2D eigenvalue weighted by Gasteiger charge is 2.08. The van der Waals surface area contributed by atoms with Crippen LogP contribution in [-0.4, -0.2) is 6.54 Å². The molecule has 1 nitrogen and oxygen atoms in total. The topological polar surface area (TPSA) is 12.0 Å². The molecular weight excluding hydrogens is 286 g/mol. The van der Waals surface area contributed by atoms with Crippen molar-refractivity contribution in [2.75, 3.05) is 6.54 Å². The van der Waals surface area contributed by atoms with E-state index in [2.05, 4.69) is 41.2 Å². The van der Waals surface area contributed by atoms with Gasteiger partial charge in [-0.15, -0.1) is 0 Å². The van der Waals surface area contributed by atoms with Crippen LogP contribution in [0.15, 0.2) is 22.7 Å². The molecule has 0 amide bonds. The Kier molecular flexibility index (Phi) is 6.40. The van der Waals surface area contributed by atoms with Crippen molar-refractivity contribution in [1.29, 1.82) is 0 Å². The second-order valence-electron chi connectivity index (χ2n) is 4.05. The van der Waals surface area contributed by atoms with Crippen LogP contribution in [-0.2, 0) is 0 Å². The van der Waals surface area contributed by atoms with E-state index in [1.54, 1.807) is 0 Å². The molecule has 0 saturated carbocycles. The summed E-state index contributed by atoms with van der Waals surface area (Å²) in [6, 6.07) is 6.37. The largest absolute Gasteiger partial charge is 0.310 e. The van der Waals surface area contributed by atoms with Crippen LogP contribution in [0.25, 0.3) is 0 Å². The van der Waals surface area contributed by atoms with Crippen molar-refractivity contribution >= 4 is 27.5 Å². The first-order valence-corrected chi connectivity index (χ1v) is 7.00. The summed E-state index contributed by atoms with van der Waals surface area (Å²) in [5.41, 5.74) is 1.17. The normalized spacial score (nSPS) is 12.8. The fourth-order valence-electron chi connectivity index (χ4n) is 1.66. The summed E-state index contributed by atoms with van der Waals surface area (Å²) >= 11 is 9.61. The molecule has 1 atom stereocenters. The predicted molar refractivity (Wildman–Crippen MR) is 75.1 cm³/mol. The lowest BCUT2D eigenvalue weighted by Crippen LogP contribution is -2.20. The molecule has 0 aromatic heterocycles. The minimum atomic E-state index is 0.317. The van der Waals surface area contributed by atoms with Gasteiger partial charge in [0.15, 0.2) is 0 Å². The van der Waals surface area contributed by atoms with Gasteiger partial charge in [0.2, 0.25) is 0 Å². The minimum Gasteiger partial charge on any atom is -0.310 e. The molecule has 0 spiro atoms. The summed E-state index contributed by atoms with van der Waals surface area (Å²) in [6.45, 7) is 5.43. The van der Waals surface area contributed by atoms with Gasteiger partial charge in [-0.1, -0.05) is 53.4 Å². The first-order chi connectivity index (χ1) is 7.65. The zero-order valence-corrected chi connectivity index (χ0v) is 12.2. The standard InChI is InChI=1S/C13H19BrClN/c1-3-4-5-8-16-10(2)12-7-6-11(14)9-13(12)15/h6-7,9-10,16H,3-5,8H2,1-2H3. The van der Waals surface area contributed by atoms with Crippen LogP contribution in [0.2, 0.25) is 5.02 Å². The molecular formula is C13H19BrClN. The van der Waals surface area contributed by atoms with Crippen LogP contribution >= 0.6 is 27.5 Å². The van der Waals surface area contributed by atoms with Crippen molar-refractivity contribution in [2.24, 2.45) is 0 Å². The lowest BCUT2D eigenvalue weighted by atomic mass is 10.1. The SMILES string of the molecule is CCCCCNC(C)c1ccc(Br)cc1Cl. The van der Waals surface area contributed by atoms with E-state index in [4.69, 9.17) is 11.6 Å². The molecule has 16 heavy (non-hydrogen) atoms. The van der Waals surface area contributed by atoms with Gasteiger partial charge < -0.3 is 5.32 Å². The highest BCUT2D eigenvalue weighted by atomic mass is 79.9. The summed E-state index contributed by atoms with van der Waals surface area (Å²) in [5, 5.41) is 4.32. The van der Waals surface area contributed by atoms with Gasteiger partial charge in [0.25, 0.3) is 0 Å². The number of halogens is 2. The van der Waals surface area contributed by atoms with E-state index in [9.17, 15) is 0 Å². The maximum Gasteiger partial charge on any atom is 0.0464 e. The van der Waals surface area contributed by atoms with Gasteiger partial charge in [-0.05, 0) is 37.6 Å². The smallest absolute Gasteiger partial charge is 0.0464 e. The third-order valence-electron chi connectivity index (χ3n) is 2.66. The van der Waals surface area contributed by atoms with Crippen molar-refractivity contribution in [3.8, 4) is 0 Å². The third kappa shape index (κ3) is 4.44. The van der Waals surface area contributed by atoms with E-state index in [0.717, 1.165) is 16.0 Å². The Balaban J connectivity index is 2.49. The summed E-state index contributed by atoms with van der Waals surface area (Å²) in [6.07, 6.45) is 3.78. The second kappa shape index (κ2) is 7.31. The lowest BCUT2D eigenvalue weighted by molar-refractivity contribution is 0.544. The van der Waals surface area contributed by atoms with E-state index >= 15 is 0 Å². The van der Waals surface area contributed by atoms with Gasteiger partial charge in [-0.2, -0.15) is 0 Å². The van der Waals surface area contributed by atoms with Crippen LogP contribution in [0.4, 0.5) is 0 Å². The predicted octanol–water partition coefficient (Wildman–Crippen LogP) is 4.94. The average molecular weight is 305 g/mol. The van der Waals surface area contributed by atoms with E-state index in [1.807, 2.05) is 12.1 Å². The molecule has 0 heterocycles. The Bertz CT molecular complexity index is 328. The maximum atomic E-state index is 6.19. The number of benzene rings is 1. The maximum absolute atomic E-state index is 6.19. The van der Waals surface area contributed by atoms with Gasteiger partial charge in [0.05, 0.1) is 0 Å². The molecule has 1 unspecified atom stereocenters. The van der Waals surface area contributed by atoms with Gasteiger partial charge >= 0.3 is 0 Å². The zero-order chi connectivity index (χ0) is 12.0. The van der Waals surface area contributed by atoms with Gasteiger partial charge in [-0.3, -0.25) is 0 Å². The Morgan fingerprint density at radius 1 is 1.38 bits per heavy atom. The monoisotopic (exact) mass is 303 g/mol. The molecule has 0 radical (unpaired) electrons. The van der Waals surface area contributed by atoms with Crippen molar-refractivity contribution in [2.45, 2.75) is 39.2 Å². The van der Waals surface area contributed by atoms with Gasteiger partial charge in [0, 0.05) is 15.5 Å². The van der Waals surface area contributed by atoms with E-state index in [1.165, 1.54) is 24.8 Å². The van der Waals surface area contributed by atoms with E-state index in [-0.39, 0.29) is 0 Å². The molecule has 1 aromatic rings. The fraction of sp³-hybridized carbons (Fsp3) is 0.538.